The minimum atomic E-state index is -0.414. The quantitative estimate of drug-likeness (QED) is 0.463. The second-order valence-electron chi connectivity index (χ2n) is 2.82. The van der Waals surface area contributed by atoms with E-state index in [-0.39, 0.29) is 5.78 Å². The summed E-state index contributed by atoms with van der Waals surface area (Å²) in [6.07, 6.45) is 3.68. The largest absolute Gasteiger partial charge is 0.469 e. The Morgan fingerprint density at radius 3 is 2.54 bits per heavy atom. The molecule has 0 aromatic carbocycles. The molecule has 0 N–H and O–H groups in total. The molecule has 0 aromatic heterocycles. The van der Waals surface area contributed by atoms with Crippen molar-refractivity contribution in [1.29, 1.82) is 0 Å². The molecule has 3 nitrogen and oxygen atoms in total. The van der Waals surface area contributed by atoms with Gasteiger partial charge in [0.15, 0.2) is 0 Å². The van der Waals surface area contributed by atoms with Crippen LogP contribution >= 0.6 is 0 Å². The Bertz CT molecular complexity index is 175. The molecule has 3 heteroatoms. The van der Waals surface area contributed by atoms with Crippen LogP contribution in [0.3, 0.4) is 0 Å². The van der Waals surface area contributed by atoms with Gasteiger partial charge in [0.25, 0.3) is 0 Å². The van der Waals surface area contributed by atoms with Crippen molar-refractivity contribution >= 4 is 11.8 Å². The summed E-state index contributed by atoms with van der Waals surface area (Å²) in [5.41, 5.74) is 0. The Morgan fingerprint density at radius 2 is 2.08 bits per heavy atom. The van der Waals surface area contributed by atoms with E-state index in [1.807, 2.05) is 0 Å². The van der Waals surface area contributed by atoms with E-state index in [4.69, 9.17) is 0 Å². The highest BCUT2D eigenvalue weighted by molar-refractivity contribution is 5.87. The molecule has 73 valence electrons. The summed E-state index contributed by atoms with van der Waals surface area (Å²) in [5.74, 6) is 0.103. The third kappa shape index (κ3) is 6.31. The van der Waals surface area contributed by atoms with Gasteiger partial charge in [0.05, 0.1) is 13.0 Å². The van der Waals surface area contributed by atoms with E-state index in [9.17, 15) is 9.59 Å². The minimum absolute atomic E-state index is 0.164. The van der Waals surface area contributed by atoms with Crippen molar-refractivity contribution in [3.05, 3.63) is 19.3 Å². The van der Waals surface area contributed by atoms with Crippen molar-refractivity contribution in [2.24, 2.45) is 0 Å². The van der Waals surface area contributed by atoms with Gasteiger partial charge in [-0.05, 0) is 33.1 Å². The molecule has 13 heavy (non-hydrogen) atoms. The van der Waals surface area contributed by atoms with Gasteiger partial charge in [0.2, 0.25) is 0 Å². The Labute approximate surface area is 79.5 Å². The number of rotatable bonds is 6. The number of Topliss-reactive ketones (excluding diaryl/α,β-unsaturated/α-hetero) is 1. The highest BCUT2D eigenvalue weighted by atomic mass is 16.5. The molecule has 0 spiro atoms. The third-order valence-corrected chi connectivity index (χ3v) is 1.57. The first-order valence-corrected chi connectivity index (χ1v) is 4.17. The van der Waals surface area contributed by atoms with Crippen molar-refractivity contribution in [2.75, 3.05) is 7.11 Å². The van der Waals surface area contributed by atoms with Gasteiger partial charge in [-0.15, -0.1) is 0 Å². The van der Waals surface area contributed by atoms with Crippen molar-refractivity contribution < 1.29 is 14.3 Å². The van der Waals surface area contributed by atoms with Crippen LogP contribution in [-0.2, 0) is 14.3 Å². The molecule has 0 aliphatic carbocycles. The highest BCUT2D eigenvalue weighted by Crippen LogP contribution is 2.10. The molecule has 0 saturated carbocycles. The fourth-order valence-electron chi connectivity index (χ4n) is 0.842. The van der Waals surface area contributed by atoms with Gasteiger partial charge >= 0.3 is 5.97 Å². The molecule has 3 radical (unpaired) electrons. The average molecular weight is 183 g/mol. The van der Waals surface area contributed by atoms with Crippen LogP contribution in [0.15, 0.2) is 0 Å². The number of carbonyl (C=O) groups excluding carboxylic acids is 2. The molecule has 0 aromatic rings. The van der Waals surface area contributed by atoms with Crippen LogP contribution in [0.5, 0.6) is 0 Å². The zero-order chi connectivity index (χ0) is 10.3. The molecule has 0 atom stereocenters. The number of methoxy groups -OCH3 is 1. The summed E-state index contributed by atoms with van der Waals surface area (Å²) >= 11 is 0. The predicted molar refractivity (Wildman–Crippen MR) is 49.4 cm³/mol. The summed E-state index contributed by atoms with van der Waals surface area (Å²) in [6.45, 7) is 5.08. The molecule has 0 bridgehead atoms. The van der Waals surface area contributed by atoms with Crippen molar-refractivity contribution in [2.45, 2.75) is 26.2 Å². The molecule has 0 saturated heterocycles. The van der Waals surface area contributed by atoms with Crippen LogP contribution in [0.25, 0.3) is 0 Å². The van der Waals surface area contributed by atoms with Gasteiger partial charge in [-0.1, -0.05) is 0 Å². The zero-order valence-electron chi connectivity index (χ0n) is 8.13. The van der Waals surface area contributed by atoms with Crippen LogP contribution in [0.2, 0.25) is 0 Å². The number of esters is 1. The van der Waals surface area contributed by atoms with E-state index < -0.39 is 5.97 Å². The second kappa shape index (κ2) is 6.63. The molecule has 0 aliphatic heterocycles. The van der Waals surface area contributed by atoms with Gasteiger partial charge < -0.3 is 9.53 Å². The lowest BCUT2D eigenvalue weighted by molar-refractivity contribution is -0.137. The fraction of sp³-hybridized carbons (Fsp3) is 0.500. The SMILES string of the molecule is [CH2][C]([CH]CCCC(C)=O)C(=O)OC. The molecule has 0 amide bonds. The predicted octanol–water partition coefficient (Wildman–Crippen LogP) is 1.53. The lowest BCUT2D eigenvalue weighted by Gasteiger charge is -2.06. The maximum Gasteiger partial charge on any atom is 0.313 e. The number of carbonyl (C=O) groups is 2. The molecule has 0 heterocycles. The van der Waals surface area contributed by atoms with E-state index in [0.717, 1.165) is 6.42 Å². The van der Waals surface area contributed by atoms with Crippen molar-refractivity contribution in [3.63, 3.8) is 0 Å². The summed E-state index contributed by atoms with van der Waals surface area (Å²) < 4.78 is 4.45. The van der Waals surface area contributed by atoms with Crippen LogP contribution in [0, 0.1) is 19.3 Å². The van der Waals surface area contributed by atoms with E-state index >= 15 is 0 Å². The second-order valence-corrected chi connectivity index (χ2v) is 2.82. The first-order valence-electron chi connectivity index (χ1n) is 4.17. The third-order valence-electron chi connectivity index (χ3n) is 1.57. The van der Waals surface area contributed by atoms with Gasteiger partial charge in [-0.25, -0.2) is 0 Å². The summed E-state index contributed by atoms with van der Waals surface area (Å²) in [7, 11) is 1.32. The maximum atomic E-state index is 10.8. The first kappa shape index (κ1) is 12.1. The smallest absolute Gasteiger partial charge is 0.313 e. The Kier molecular flexibility index (Phi) is 6.20. The van der Waals surface area contributed by atoms with E-state index in [2.05, 4.69) is 11.7 Å². The van der Waals surface area contributed by atoms with Gasteiger partial charge in [0.1, 0.15) is 5.78 Å². The van der Waals surface area contributed by atoms with Gasteiger partial charge in [-0.3, -0.25) is 4.79 Å². The summed E-state index contributed by atoms with van der Waals surface area (Å²) in [4.78, 5) is 21.4. The number of ketones is 1. The maximum absolute atomic E-state index is 10.8. The summed E-state index contributed by atoms with van der Waals surface area (Å²) in [5, 5.41) is 0. The Morgan fingerprint density at radius 1 is 1.46 bits per heavy atom. The van der Waals surface area contributed by atoms with E-state index in [0.29, 0.717) is 18.8 Å². The van der Waals surface area contributed by atoms with Crippen LogP contribution < -0.4 is 0 Å². The molecular weight excluding hydrogens is 168 g/mol. The topological polar surface area (TPSA) is 43.4 Å². The fourth-order valence-corrected chi connectivity index (χ4v) is 0.842. The Balaban J connectivity index is 3.42. The number of ether oxygens (including phenoxy) is 1. The first-order chi connectivity index (χ1) is 6.07. The molecular formula is C10H15O3. The van der Waals surface area contributed by atoms with Gasteiger partial charge in [0, 0.05) is 6.42 Å². The number of hydrogen-bond donors (Lipinski definition) is 0. The average Bonchev–Trinajstić information content (AvgIpc) is 2.10. The lowest BCUT2D eigenvalue weighted by atomic mass is 10.0. The molecule has 0 aliphatic rings. The van der Waals surface area contributed by atoms with Crippen LogP contribution in [0.1, 0.15) is 26.2 Å². The molecule has 0 rings (SSSR count). The van der Waals surface area contributed by atoms with Crippen molar-refractivity contribution in [1.82, 2.24) is 0 Å². The van der Waals surface area contributed by atoms with Crippen LogP contribution in [0.4, 0.5) is 0 Å². The Hall–Kier alpha value is -0.860. The van der Waals surface area contributed by atoms with Crippen LogP contribution in [-0.4, -0.2) is 18.9 Å². The van der Waals surface area contributed by atoms with Crippen molar-refractivity contribution in [3.8, 4) is 0 Å². The van der Waals surface area contributed by atoms with E-state index in [1.165, 1.54) is 7.11 Å². The number of hydrogen-bond acceptors (Lipinski definition) is 3. The number of unbranched alkanes of at least 4 members (excludes halogenated alkanes) is 1. The minimum Gasteiger partial charge on any atom is -0.469 e. The zero-order valence-corrected chi connectivity index (χ0v) is 8.13. The monoisotopic (exact) mass is 183 g/mol. The molecule has 0 unspecified atom stereocenters. The highest BCUT2D eigenvalue weighted by Gasteiger charge is 2.13. The summed E-state index contributed by atoms with van der Waals surface area (Å²) in [6, 6.07) is 0. The lowest BCUT2D eigenvalue weighted by Crippen LogP contribution is -2.11. The standard InChI is InChI=1S/C10H15O3/c1-8(10(12)13-3)6-4-5-7-9(2)11/h6H,1,4-5,7H2,2-3H3. The van der Waals surface area contributed by atoms with E-state index in [1.54, 1.807) is 13.3 Å². The van der Waals surface area contributed by atoms with Gasteiger partial charge in [-0.2, -0.15) is 0 Å². The molecule has 0 fully saturated rings. The normalized spacial score (nSPS) is 10.2.